The third-order valence-electron chi connectivity index (χ3n) is 4.81. The molecule has 27 heavy (non-hydrogen) atoms. The monoisotopic (exact) mass is 372 g/mol. The summed E-state index contributed by atoms with van der Waals surface area (Å²) in [4.78, 5) is 25.8. The van der Waals surface area contributed by atoms with E-state index in [-0.39, 0.29) is 31.0 Å². The summed E-state index contributed by atoms with van der Waals surface area (Å²) in [5, 5.41) is 3.88. The molecule has 146 valence electrons. The van der Waals surface area contributed by atoms with Crippen LogP contribution in [0.3, 0.4) is 0 Å². The number of nitrogens with zero attached hydrogens (tertiary/aromatic N) is 1. The number of nitrogens with one attached hydrogen (secondary N) is 1. The van der Waals surface area contributed by atoms with E-state index < -0.39 is 0 Å². The number of benzene rings is 1. The van der Waals surface area contributed by atoms with Crippen LogP contribution < -0.4 is 10.1 Å². The number of carbonyl (C=O) groups excluding carboxylic acids is 2. The van der Waals surface area contributed by atoms with E-state index in [2.05, 4.69) is 5.32 Å². The molecular weight excluding hydrogens is 344 g/mol. The summed E-state index contributed by atoms with van der Waals surface area (Å²) in [6.07, 6.45) is 4.36. The van der Waals surface area contributed by atoms with Crippen LogP contribution in [0.5, 0.6) is 5.75 Å². The summed E-state index contributed by atoms with van der Waals surface area (Å²) < 4.78 is 11.6. The summed E-state index contributed by atoms with van der Waals surface area (Å²) >= 11 is 0. The number of rotatable bonds is 7. The Bertz CT molecular complexity index is 825. The Balaban J connectivity index is 1.63. The zero-order valence-electron chi connectivity index (χ0n) is 16.3. The SMILES string of the molecule is CCN(CC(=O)NC(C)C)C(=O)COc1ccc2oc3c(c2c1)CCCC3. The summed E-state index contributed by atoms with van der Waals surface area (Å²) in [5.41, 5.74) is 2.15. The largest absolute Gasteiger partial charge is 0.484 e. The Morgan fingerprint density at radius 2 is 2.04 bits per heavy atom. The first-order chi connectivity index (χ1) is 13.0. The minimum absolute atomic E-state index is 0.0468. The van der Waals surface area contributed by atoms with Crippen molar-refractivity contribution in [2.75, 3.05) is 19.7 Å². The molecule has 0 unspecified atom stereocenters. The molecule has 1 aromatic heterocycles. The van der Waals surface area contributed by atoms with Gasteiger partial charge >= 0.3 is 0 Å². The number of ether oxygens (including phenoxy) is 1. The van der Waals surface area contributed by atoms with Gasteiger partial charge in [-0.3, -0.25) is 9.59 Å². The number of likely N-dealkylation sites (N-methyl/N-ethyl adjacent to an activating group) is 1. The van der Waals surface area contributed by atoms with Crippen molar-refractivity contribution in [1.29, 1.82) is 0 Å². The Kier molecular flexibility index (Phi) is 6.04. The zero-order chi connectivity index (χ0) is 19.4. The molecule has 0 radical (unpaired) electrons. The molecule has 6 heteroatoms. The van der Waals surface area contributed by atoms with Crippen molar-refractivity contribution in [2.45, 2.75) is 52.5 Å². The maximum Gasteiger partial charge on any atom is 0.260 e. The predicted molar refractivity (Wildman–Crippen MR) is 104 cm³/mol. The third-order valence-corrected chi connectivity index (χ3v) is 4.81. The van der Waals surface area contributed by atoms with Gasteiger partial charge in [0.1, 0.15) is 17.1 Å². The molecule has 1 aliphatic rings. The molecule has 1 N–H and O–H groups in total. The summed E-state index contributed by atoms with van der Waals surface area (Å²) in [5.74, 6) is 1.36. The van der Waals surface area contributed by atoms with Crippen molar-refractivity contribution in [2.24, 2.45) is 0 Å². The highest BCUT2D eigenvalue weighted by Gasteiger charge is 2.19. The number of fused-ring (bicyclic) bond motifs is 3. The number of hydrogen-bond donors (Lipinski definition) is 1. The highest BCUT2D eigenvalue weighted by Crippen LogP contribution is 2.33. The first-order valence-corrected chi connectivity index (χ1v) is 9.72. The van der Waals surface area contributed by atoms with Gasteiger partial charge in [-0.05, 0) is 58.2 Å². The lowest BCUT2D eigenvalue weighted by Gasteiger charge is -2.21. The second-order valence-electron chi connectivity index (χ2n) is 7.29. The van der Waals surface area contributed by atoms with Gasteiger partial charge < -0.3 is 19.4 Å². The summed E-state index contributed by atoms with van der Waals surface area (Å²) in [6.45, 7) is 6.06. The van der Waals surface area contributed by atoms with Gasteiger partial charge in [0.25, 0.3) is 5.91 Å². The first kappa shape index (κ1) is 19.3. The lowest BCUT2D eigenvalue weighted by molar-refractivity contribution is -0.137. The number of hydrogen-bond acceptors (Lipinski definition) is 4. The van der Waals surface area contributed by atoms with E-state index in [1.807, 2.05) is 39.0 Å². The molecule has 0 aliphatic heterocycles. The van der Waals surface area contributed by atoms with E-state index in [1.54, 1.807) is 0 Å². The van der Waals surface area contributed by atoms with E-state index in [4.69, 9.17) is 9.15 Å². The van der Waals surface area contributed by atoms with Crippen LogP contribution in [0.1, 0.15) is 44.9 Å². The third kappa shape index (κ3) is 4.62. The van der Waals surface area contributed by atoms with Gasteiger partial charge in [-0.15, -0.1) is 0 Å². The van der Waals surface area contributed by atoms with Crippen LogP contribution >= 0.6 is 0 Å². The lowest BCUT2D eigenvalue weighted by Crippen LogP contribution is -2.44. The van der Waals surface area contributed by atoms with Crippen molar-refractivity contribution in [3.63, 3.8) is 0 Å². The van der Waals surface area contributed by atoms with Crippen molar-refractivity contribution in [3.05, 3.63) is 29.5 Å². The molecule has 0 saturated heterocycles. The van der Waals surface area contributed by atoms with Gasteiger partial charge in [0.05, 0.1) is 6.54 Å². The quantitative estimate of drug-likeness (QED) is 0.811. The Hall–Kier alpha value is -2.50. The van der Waals surface area contributed by atoms with Crippen molar-refractivity contribution in [1.82, 2.24) is 10.2 Å². The van der Waals surface area contributed by atoms with Crippen molar-refractivity contribution in [3.8, 4) is 5.75 Å². The van der Waals surface area contributed by atoms with Gasteiger partial charge in [0, 0.05) is 30.0 Å². The second kappa shape index (κ2) is 8.46. The fraction of sp³-hybridized carbons (Fsp3) is 0.524. The van der Waals surface area contributed by atoms with E-state index in [1.165, 1.54) is 23.3 Å². The van der Waals surface area contributed by atoms with Crippen molar-refractivity contribution < 1.29 is 18.7 Å². The van der Waals surface area contributed by atoms with Crippen molar-refractivity contribution >= 4 is 22.8 Å². The van der Waals surface area contributed by atoms with Gasteiger partial charge in [0.2, 0.25) is 5.91 Å². The normalized spacial score (nSPS) is 13.5. The van der Waals surface area contributed by atoms with Crippen LogP contribution in [0.25, 0.3) is 11.0 Å². The van der Waals surface area contributed by atoms with E-state index in [0.29, 0.717) is 12.3 Å². The second-order valence-corrected chi connectivity index (χ2v) is 7.29. The van der Waals surface area contributed by atoms with Gasteiger partial charge in [-0.1, -0.05) is 0 Å². The molecule has 1 aromatic carbocycles. The summed E-state index contributed by atoms with van der Waals surface area (Å²) in [6, 6.07) is 5.74. The van der Waals surface area contributed by atoms with Crippen LogP contribution in [0.2, 0.25) is 0 Å². The minimum atomic E-state index is -0.203. The number of amides is 2. The number of furan rings is 1. The number of aryl methyl sites for hydroxylation is 2. The molecular formula is C21H28N2O4. The van der Waals surface area contributed by atoms with E-state index in [0.717, 1.165) is 29.6 Å². The van der Waals surface area contributed by atoms with Crippen LogP contribution in [0.4, 0.5) is 0 Å². The molecule has 1 aliphatic carbocycles. The molecule has 0 spiro atoms. The standard InChI is InChI=1S/C21H28N2O4/c1-4-23(12-20(24)22-14(2)3)21(25)13-26-15-9-10-19-17(11-15)16-7-5-6-8-18(16)27-19/h9-11,14H,4-8,12-13H2,1-3H3,(H,22,24). The van der Waals surface area contributed by atoms with Crippen LogP contribution in [0.15, 0.2) is 22.6 Å². The van der Waals surface area contributed by atoms with Gasteiger partial charge in [-0.25, -0.2) is 0 Å². The molecule has 1 heterocycles. The number of carbonyl (C=O) groups is 2. The van der Waals surface area contributed by atoms with Crippen LogP contribution in [-0.2, 0) is 22.4 Å². The molecule has 2 aromatic rings. The molecule has 0 bridgehead atoms. The van der Waals surface area contributed by atoms with Crippen LogP contribution in [0, 0.1) is 0 Å². The molecule has 6 nitrogen and oxygen atoms in total. The molecule has 0 atom stereocenters. The van der Waals surface area contributed by atoms with Crippen LogP contribution in [-0.4, -0.2) is 42.5 Å². The molecule has 2 amide bonds. The fourth-order valence-corrected chi connectivity index (χ4v) is 3.49. The van der Waals surface area contributed by atoms with Gasteiger partial charge in [0.15, 0.2) is 6.61 Å². The van der Waals surface area contributed by atoms with E-state index in [9.17, 15) is 9.59 Å². The fourth-order valence-electron chi connectivity index (χ4n) is 3.49. The minimum Gasteiger partial charge on any atom is -0.484 e. The highest BCUT2D eigenvalue weighted by atomic mass is 16.5. The average molecular weight is 372 g/mol. The summed E-state index contributed by atoms with van der Waals surface area (Å²) in [7, 11) is 0. The van der Waals surface area contributed by atoms with Gasteiger partial charge in [-0.2, -0.15) is 0 Å². The zero-order valence-corrected chi connectivity index (χ0v) is 16.3. The van der Waals surface area contributed by atoms with E-state index >= 15 is 0 Å². The first-order valence-electron chi connectivity index (χ1n) is 9.72. The Labute approximate surface area is 159 Å². The molecule has 3 rings (SSSR count). The Morgan fingerprint density at radius 3 is 2.78 bits per heavy atom. The maximum atomic E-state index is 12.4. The molecule has 0 saturated carbocycles. The predicted octanol–water partition coefficient (Wildman–Crippen LogP) is 3.06. The average Bonchev–Trinajstić information content (AvgIpc) is 3.01. The smallest absolute Gasteiger partial charge is 0.260 e. The maximum absolute atomic E-state index is 12.4. The molecule has 0 fully saturated rings. The lowest BCUT2D eigenvalue weighted by atomic mass is 9.96. The Morgan fingerprint density at radius 1 is 1.26 bits per heavy atom. The highest BCUT2D eigenvalue weighted by molar-refractivity contribution is 5.86. The topological polar surface area (TPSA) is 71.8 Å².